The number of anilines is 1. The van der Waals surface area contributed by atoms with Gasteiger partial charge in [-0.2, -0.15) is 0 Å². The van der Waals surface area contributed by atoms with E-state index in [0.717, 1.165) is 44.2 Å². The maximum atomic E-state index is 12.1. The third-order valence-corrected chi connectivity index (χ3v) is 4.30. The molecule has 2 rings (SSSR count). The SMILES string of the molecule is Cc1cc(Cl)ccc1N1CCN(C(=O)NCCC(C)C)CC1. The van der Waals surface area contributed by atoms with Crippen molar-refractivity contribution in [2.45, 2.75) is 27.2 Å². The average molecular weight is 324 g/mol. The predicted molar refractivity (Wildman–Crippen MR) is 92.8 cm³/mol. The van der Waals surface area contributed by atoms with E-state index >= 15 is 0 Å². The average Bonchev–Trinajstić information content (AvgIpc) is 2.47. The fourth-order valence-electron chi connectivity index (χ4n) is 2.70. The number of nitrogens with zero attached hydrogens (tertiary/aromatic N) is 2. The molecule has 1 fully saturated rings. The van der Waals surface area contributed by atoms with Crippen LogP contribution >= 0.6 is 11.6 Å². The lowest BCUT2D eigenvalue weighted by atomic mass is 10.1. The number of halogens is 1. The minimum absolute atomic E-state index is 0.0631. The van der Waals surface area contributed by atoms with Crippen LogP contribution in [0.4, 0.5) is 10.5 Å². The fourth-order valence-corrected chi connectivity index (χ4v) is 2.93. The quantitative estimate of drug-likeness (QED) is 0.920. The topological polar surface area (TPSA) is 35.6 Å². The number of rotatable bonds is 4. The molecule has 22 heavy (non-hydrogen) atoms. The highest BCUT2D eigenvalue weighted by Gasteiger charge is 2.21. The number of amides is 2. The van der Waals surface area contributed by atoms with E-state index in [4.69, 9.17) is 11.6 Å². The van der Waals surface area contributed by atoms with Crippen LogP contribution in [-0.4, -0.2) is 43.7 Å². The maximum Gasteiger partial charge on any atom is 0.317 e. The number of piperazine rings is 1. The van der Waals surface area contributed by atoms with Crippen LogP contribution in [-0.2, 0) is 0 Å². The van der Waals surface area contributed by atoms with Gasteiger partial charge in [-0.15, -0.1) is 0 Å². The van der Waals surface area contributed by atoms with Crippen LogP contribution in [0, 0.1) is 12.8 Å². The van der Waals surface area contributed by atoms with Crippen LogP contribution in [0.1, 0.15) is 25.8 Å². The minimum atomic E-state index is 0.0631. The van der Waals surface area contributed by atoms with Gasteiger partial charge in [0.2, 0.25) is 0 Å². The molecule has 2 amide bonds. The molecule has 5 heteroatoms. The van der Waals surface area contributed by atoms with Crippen molar-refractivity contribution in [2.24, 2.45) is 5.92 Å². The predicted octanol–water partition coefficient (Wildman–Crippen LogP) is 3.53. The van der Waals surface area contributed by atoms with E-state index in [-0.39, 0.29) is 6.03 Å². The lowest BCUT2D eigenvalue weighted by molar-refractivity contribution is 0.194. The van der Waals surface area contributed by atoms with Gasteiger partial charge in [-0.1, -0.05) is 25.4 Å². The van der Waals surface area contributed by atoms with E-state index in [1.165, 1.54) is 11.3 Å². The van der Waals surface area contributed by atoms with Crippen molar-refractivity contribution in [1.82, 2.24) is 10.2 Å². The molecule has 1 aromatic rings. The summed E-state index contributed by atoms with van der Waals surface area (Å²) in [4.78, 5) is 16.3. The van der Waals surface area contributed by atoms with Crippen molar-refractivity contribution in [3.05, 3.63) is 28.8 Å². The van der Waals surface area contributed by atoms with Gasteiger partial charge in [0.1, 0.15) is 0 Å². The molecule has 1 aromatic carbocycles. The molecule has 0 aliphatic carbocycles. The van der Waals surface area contributed by atoms with Crippen LogP contribution in [0.5, 0.6) is 0 Å². The Morgan fingerprint density at radius 2 is 1.95 bits per heavy atom. The molecule has 0 aromatic heterocycles. The molecule has 4 nitrogen and oxygen atoms in total. The summed E-state index contributed by atoms with van der Waals surface area (Å²) in [7, 11) is 0. The molecule has 122 valence electrons. The number of benzene rings is 1. The molecule has 0 saturated carbocycles. The highest BCUT2D eigenvalue weighted by atomic mass is 35.5. The third-order valence-electron chi connectivity index (χ3n) is 4.06. The van der Waals surface area contributed by atoms with Gasteiger partial charge in [-0.05, 0) is 43.0 Å². The number of nitrogens with one attached hydrogen (secondary N) is 1. The van der Waals surface area contributed by atoms with E-state index in [1.807, 2.05) is 17.0 Å². The van der Waals surface area contributed by atoms with Crippen LogP contribution in [0.15, 0.2) is 18.2 Å². The Kier molecular flexibility index (Phi) is 5.95. The Morgan fingerprint density at radius 1 is 1.27 bits per heavy atom. The van der Waals surface area contributed by atoms with E-state index < -0.39 is 0 Å². The van der Waals surface area contributed by atoms with Gasteiger partial charge >= 0.3 is 6.03 Å². The highest BCUT2D eigenvalue weighted by molar-refractivity contribution is 6.30. The summed E-state index contributed by atoms with van der Waals surface area (Å²) in [5.74, 6) is 0.616. The molecular formula is C17H26ClN3O. The van der Waals surface area contributed by atoms with Crippen molar-refractivity contribution in [2.75, 3.05) is 37.6 Å². The maximum absolute atomic E-state index is 12.1. The second kappa shape index (κ2) is 7.73. The smallest absolute Gasteiger partial charge is 0.317 e. The van der Waals surface area contributed by atoms with E-state index in [1.54, 1.807) is 0 Å². The summed E-state index contributed by atoms with van der Waals surface area (Å²) >= 11 is 6.01. The molecular weight excluding hydrogens is 298 g/mol. The molecule has 0 bridgehead atoms. The zero-order chi connectivity index (χ0) is 16.1. The van der Waals surface area contributed by atoms with Crippen LogP contribution in [0.3, 0.4) is 0 Å². The van der Waals surface area contributed by atoms with Gasteiger partial charge in [-0.3, -0.25) is 0 Å². The monoisotopic (exact) mass is 323 g/mol. The van der Waals surface area contributed by atoms with E-state index in [9.17, 15) is 4.79 Å². The summed E-state index contributed by atoms with van der Waals surface area (Å²) < 4.78 is 0. The molecule has 1 aliphatic rings. The van der Waals surface area contributed by atoms with Gasteiger partial charge in [0.15, 0.2) is 0 Å². The van der Waals surface area contributed by atoms with Gasteiger partial charge < -0.3 is 15.1 Å². The van der Waals surface area contributed by atoms with Crippen molar-refractivity contribution in [1.29, 1.82) is 0 Å². The van der Waals surface area contributed by atoms with Gasteiger partial charge in [0.25, 0.3) is 0 Å². The third kappa shape index (κ3) is 4.54. The van der Waals surface area contributed by atoms with Crippen molar-refractivity contribution in [3.63, 3.8) is 0 Å². The zero-order valence-corrected chi connectivity index (χ0v) is 14.5. The Morgan fingerprint density at radius 3 is 2.55 bits per heavy atom. The largest absolute Gasteiger partial charge is 0.368 e. The first-order valence-corrected chi connectivity index (χ1v) is 8.39. The van der Waals surface area contributed by atoms with Crippen molar-refractivity contribution >= 4 is 23.3 Å². The van der Waals surface area contributed by atoms with Gasteiger partial charge in [0.05, 0.1) is 0 Å². The molecule has 0 atom stereocenters. The fraction of sp³-hybridized carbons (Fsp3) is 0.588. The number of hydrogen-bond donors (Lipinski definition) is 1. The van der Waals surface area contributed by atoms with Gasteiger partial charge in [-0.25, -0.2) is 4.79 Å². The number of hydrogen-bond acceptors (Lipinski definition) is 2. The highest BCUT2D eigenvalue weighted by Crippen LogP contribution is 2.24. The first-order chi connectivity index (χ1) is 10.5. The van der Waals surface area contributed by atoms with Crippen LogP contribution in [0.25, 0.3) is 0 Å². The normalized spacial score (nSPS) is 15.3. The van der Waals surface area contributed by atoms with Crippen LogP contribution < -0.4 is 10.2 Å². The molecule has 1 N–H and O–H groups in total. The lowest BCUT2D eigenvalue weighted by Crippen LogP contribution is -2.52. The van der Waals surface area contributed by atoms with E-state index in [2.05, 4.69) is 37.1 Å². The van der Waals surface area contributed by atoms with Crippen molar-refractivity contribution < 1.29 is 4.79 Å². The number of urea groups is 1. The Balaban J connectivity index is 1.83. The molecule has 0 unspecified atom stereocenters. The molecule has 1 aliphatic heterocycles. The second-order valence-electron chi connectivity index (χ2n) is 6.32. The van der Waals surface area contributed by atoms with Crippen molar-refractivity contribution in [3.8, 4) is 0 Å². The lowest BCUT2D eigenvalue weighted by Gasteiger charge is -2.36. The van der Waals surface area contributed by atoms with E-state index in [0.29, 0.717) is 5.92 Å². The molecule has 1 saturated heterocycles. The summed E-state index contributed by atoms with van der Waals surface area (Å²) in [6.45, 7) is 10.4. The molecule has 0 radical (unpaired) electrons. The molecule has 1 heterocycles. The Bertz CT molecular complexity index is 511. The minimum Gasteiger partial charge on any atom is -0.368 e. The number of carbonyl (C=O) groups is 1. The summed E-state index contributed by atoms with van der Waals surface area (Å²) in [6.07, 6.45) is 1.02. The van der Waals surface area contributed by atoms with Crippen LogP contribution in [0.2, 0.25) is 5.02 Å². The number of carbonyl (C=O) groups excluding carboxylic acids is 1. The zero-order valence-electron chi connectivity index (χ0n) is 13.7. The first kappa shape index (κ1) is 16.9. The summed E-state index contributed by atoms with van der Waals surface area (Å²) in [6, 6.07) is 6.04. The molecule has 0 spiro atoms. The van der Waals surface area contributed by atoms with Gasteiger partial charge in [0, 0.05) is 43.4 Å². The Labute approximate surface area is 138 Å². The Hall–Kier alpha value is -1.42. The summed E-state index contributed by atoms with van der Waals surface area (Å²) in [5.41, 5.74) is 2.40. The standard InChI is InChI=1S/C17H26ClN3O/c1-13(2)6-7-19-17(22)21-10-8-20(9-11-21)16-5-4-15(18)12-14(16)3/h4-5,12-13H,6-11H2,1-3H3,(H,19,22). The first-order valence-electron chi connectivity index (χ1n) is 8.01. The second-order valence-corrected chi connectivity index (χ2v) is 6.76. The summed E-state index contributed by atoms with van der Waals surface area (Å²) in [5, 5.41) is 3.78. The number of aryl methyl sites for hydroxylation is 1.